The minimum absolute atomic E-state index is 0.0416. The van der Waals surface area contributed by atoms with Crippen molar-refractivity contribution in [3.63, 3.8) is 0 Å². The summed E-state index contributed by atoms with van der Waals surface area (Å²) >= 11 is 0. The van der Waals surface area contributed by atoms with Crippen LogP contribution in [0.3, 0.4) is 0 Å². The van der Waals surface area contributed by atoms with Crippen LogP contribution in [0.2, 0.25) is 0 Å². The number of benzene rings is 2. The lowest BCUT2D eigenvalue weighted by Crippen LogP contribution is -2.50. The monoisotopic (exact) mass is 465 g/mol. The molecule has 2 heterocycles. The first-order valence-corrected chi connectivity index (χ1v) is 12.2. The first-order chi connectivity index (χ1) is 16.6. The van der Waals surface area contributed by atoms with Gasteiger partial charge in [0, 0.05) is 5.69 Å². The number of amides is 2. The van der Waals surface area contributed by atoms with Crippen LogP contribution in [-0.2, 0) is 16.0 Å². The Morgan fingerprint density at radius 1 is 1.09 bits per heavy atom. The highest BCUT2D eigenvalue weighted by Gasteiger charge is 2.40. The number of carbonyl (C=O) groups excluding carboxylic acids is 2. The molecule has 2 aliphatic rings. The summed E-state index contributed by atoms with van der Waals surface area (Å²) in [7, 11) is 1.62. The number of anilines is 1. The highest BCUT2D eigenvalue weighted by Crippen LogP contribution is 2.37. The smallest absolute Gasteiger partial charge is 0.238 e. The molecule has 1 saturated heterocycles. The topological polar surface area (TPSA) is 79.9 Å². The summed E-state index contributed by atoms with van der Waals surface area (Å²) in [6.07, 6.45) is 5.42. The highest BCUT2D eigenvalue weighted by molar-refractivity contribution is 5.92. The van der Waals surface area contributed by atoms with Crippen molar-refractivity contribution >= 4 is 17.5 Å². The largest absolute Gasteiger partial charge is 0.497 e. The zero-order chi connectivity index (χ0) is 23.8. The molecule has 2 aliphatic heterocycles. The molecule has 2 aromatic carbocycles. The van der Waals surface area contributed by atoms with E-state index in [1.54, 1.807) is 7.11 Å². The van der Waals surface area contributed by atoms with Gasteiger partial charge < -0.3 is 20.1 Å². The number of para-hydroxylation sites is 1. The van der Waals surface area contributed by atoms with Crippen molar-refractivity contribution in [1.82, 2.24) is 10.2 Å². The molecular weight excluding hydrogens is 430 g/mol. The first kappa shape index (κ1) is 24.1. The number of piperidine rings is 1. The number of likely N-dealkylation sites (tertiary alicyclic amines) is 1. The van der Waals surface area contributed by atoms with E-state index in [-0.39, 0.29) is 17.2 Å². The summed E-state index contributed by atoms with van der Waals surface area (Å²) in [5, 5.41) is 6.06. The number of rotatable bonds is 4. The van der Waals surface area contributed by atoms with Crippen molar-refractivity contribution in [3.8, 4) is 11.5 Å². The summed E-state index contributed by atoms with van der Waals surface area (Å²) in [6, 6.07) is 15.5. The molecule has 4 rings (SSSR count). The third kappa shape index (κ3) is 6.08. The second-order valence-corrected chi connectivity index (χ2v) is 9.25. The van der Waals surface area contributed by atoms with E-state index in [4.69, 9.17) is 9.47 Å². The van der Waals surface area contributed by atoms with Crippen LogP contribution in [0.25, 0.3) is 0 Å². The molecule has 0 aromatic heterocycles. The Balaban J connectivity index is 1.31. The van der Waals surface area contributed by atoms with Crippen molar-refractivity contribution < 1.29 is 19.1 Å². The Morgan fingerprint density at radius 2 is 1.85 bits per heavy atom. The Bertz CT molecular complexity index is 968. The quantitative estimate of drug-likeness (QED) is 0.721. The molecule has 182 valence electrons. The maximum Gasteiger partial charge on any atom is 0.238 e. The molecule has 0 unspecified atom stereocenters. The lowest BCUT2D eigenvalue weighted by Gasteiger charge is -2.40. The Kier molecular flexibility index (Phi) is 8.06. The number of carbonyl (C=O) groups is 2. The Labute approximate surface area is 201 Å². The van der Waals surface area contributed by atoms with Gasteiger partial charge in [-0.05, 0) is 81.1 Å². The van der Waals surface area contributed by atoms with Gasteiger partial charge in [0.1, 0.15) is 18.1 Å². The first-order valence-electron chi connectivity index (χ1n) is 12.2. The van der Waals surface area contributed by atoms with Gasteiger partial charge in [-0.1, -0.05) is 24.6 Å². The van der Waals surface area contributed by atoms with Crippen LogP contribution in [0.15, 0.2) is 48.5 Å². The second-order valence-electron chi connectivity index (χ2n) is 9.25. The summed E-state index contributed by atoms with van der Waals surface area (Å²) in [5.41, 5.74) is 1.63. The van der Waals surface area contributed by atoms with E-state index in [2.05, 4.69) is 27.7 Å². The Morgan fingerprint density at radius 3 is 2.62 bits per heavy atom. The zero-order valence-corrected chi connectivity index (χ0v) is 20.0. The van der Waals surface area contributed by atoms with Gasteiger partial charge in [-0.2, -0.15) is 0 Å². The van der Waals surface area contributed by atoms with Crippen LogP contribution in [0.5, 0.6) is 11.5 Å². The van der Waals surface area contributed by atoms with E-state index in [0.717, 1.165) is 68.8 Å². The fourth-order valence-electron chi connectivity index (χ4n) is 4.95. The van der Waals surface area contributed by atoms with Crippen LogP contribution < -0.4 is 20.1 Å². The number of nitrogens with zero attached hydrogens (tertiary/aromatic N) is 1. The fourth-order valence-corrected chi connectivity index (χ4v) is 4.95. The normalized spacial score (nSPS) is 19.0. The number of ether oxygens (including phenoxy) is 2. The highest BCUT2D eigenvalue weighted by atomic mass is 16.5. The molecule has 2 amide bonds. The van der Waals surface area contributed by atoms with Crippen LogP contribution in [0, 0.1) is 5.41 Å². The van der Waals surface area contributed by atoms with Gasteiger partial charge in [0.15, 0.2) is 0 Å². The molecule has 2 N–H and O–H groups in total. The predicted molar refractivity (Wildman–Crippen MR) is 132 cm³/mol. The lowest BCUT2D eigenvalue weighted by molar-refractivity contribution is -0.135. The molecule has 0 bridgehead atoms. The fraction of sp³-hybridized carbons (Fsp3) is 0.481. The van der Waals surface area contributed by atoms with Gasteiger partial charge >= 0.3 is 0 Å². The van der Waals surface area contributed by atoms with Gasteiger partial charge in [0.25, 0.3) is 0 Å². The number of nitrogens with one attached hydrogen (secondary N) is 2. The SMILES string of the molecule is COc1ccc(NC(=O)CN2CCC3(CCCCc4ccccc4OCCNC3=O)CC2)cc1. The molecule has 1 spiro atoms. The molecule has 0 atom stereocenters. The van der Waals surface area contributed by atoms with Crippen molar-refractivity contribution in [2.24, 2.45) is 5.41 Å². The van der Waals surface area contributed by atoms with E-state index in [1.165, 1.54) is 5.56 Å². The third-order valence-electron chi connectivity index (χ3n) is 7.01. The summed E-state index contributed by atoms with van der Waals surface area (Å²) < 4.78 is 11.1. The lowest BCUT2D eigenvalue weighted by atomic mass is 9.73. The van der Waals surface area contributed by atoms with Crippen molar-refractivity contribution in [2.75, 3.05) is 45.2 Å². The standard InChI is InChI=1S/C27H35N3O4/c1-33-23-11-9-22(10-12-23)29-25(31)20-30-17-14-27(15-18-30)13-5-4-7-21-6-2-3-8-24(21)34-19-16-28-26(27)32/h2-3,6,8-12H,4-5,7,13-20H2,1H3,(H,28,32)(H,29,31). The van der Waals surface area contributed by atoms with Gasteiger partial charge in [0.2, 0.25) is 11.8 Å². The summed E-state index contributed by atoms with van der Waals surface area (Å²) in [6.45, 7) is 2.78. The minimum atomic E-state index is -0.359. The van der Waals surface area contributed by atoms with E-state index in [0.29, 0.717) is 19.7 Å². The van der Waals surface area contributed by atoms with E-state index in [1.807, 2.05) is 36.4 Å². The molecule has 0 radical (unpaired) electrons. The van der Waals surface area contributed by atoms with E-state index < -0.39 is 0 Å². The number of fused-ring (bicyclic) bond motifs is 1. The van der Waals surface area contributed by atoms with Crippen LogP contribution in [0.4, 0.5) is 5.69 Å². The van der Waals surface area contributed by atoms with Gasteiger partial charge in [-0.25, -0.2) is 0 Å². The maximum absolute atomic E-state index is 13.2. The molecular formula is C27H35N3O4. The van der Waals surface area contributed by atoms with E-state index >= 15 is 0 Å². The van der Waals surface area contributed by atoms with Crippen LogP contribution in [-0.4, -0.2) is 56.6 Å². The van der Waals surface area contributed by atoms with Crippen LogP contribution in [0.1, 0.15) is 37.7 Å². The minimum Gasteiger partial charge on any atom is -0.497 e. The number of aryl methyl sites for hydroxylation is 1. The number of hydrogen-bond donors (Lipinski definition) is 2. The number of hydrogen-bond acceptors (Lipinski definition) is 5. The molecule has 0 aliphatic carbocycles. The molecule has 7 nitrogen and oxygen atoms in total. The molecule has 7 heteroatoms. The van der Waals surface area contributed by atoms with Gasteiger partial charge in [-0.3, -0.25) is 14.5 Å². The molecule has 0 saturated carbocycles. The molecule has 2 aromatic rings. The maximum atomic E-state index is 13.2. The summed E-state index contributed by atoms with van der Waals surface area (Å²) in [4.78, 5) is 27.9. The summed E-state index contributed by atoms with van der Waals surface area (Å²) in [5.74, 6) is 1.77. The zero-order valence-electron chi connectivity index (χ0n) is 20.0. The average molecular weight is 466 g/mol. The second kappa shape index (κ2) is 11.4. The van der Waals surface area contributed by atoms with Crippen molar-refractivity contribution in [1.29, 1.82) is 0 Å². The van der Waals surface area contributed by atoms with Crippen molar-refractivity contribution in [2.45, 2.75) is 38.5 Å². The van der Waals surface area contributed by atoms with Crippen molar-refractivity contribution in [3.05, 3.63) is 54.1 Å². The van der Waals surface area contributed by atoms with Crippen LogP contribution >= 0.6 is 0 Å². The number of methoxy groups -OCH3 is 1. The van der Waals surface area contributed by atoms with E-state index in [9.17, 15) is 9.59 Å². The predicted octanol–water partition coefficient (Wildman–Crippen LogP) is 3.64. The molecule has 34 heavy (non-hydrogen) atoms. The van der Waals surface area contributed by atoms with Gasteiger partial charge in [0.05, 0.1) is 25.6 Å². The average Bonchev–Trinajstić information content (AvgIpc) is 2.86. The van der Waals surface area contributed by atoms with Gasteiger partial charge in [-0.15, -0.1) is 0 Å². The Hall–Kier alpha value is -3.06. The third-order valence-corrected chi connectivity index (χ3v) is 7.01. The molecule has 1 fully saturated rings.